The van der Waals surface area contributed by atoms with E-state index in [0.717, 1.165) is 18.0 Å². The van der Waals surface area contributed by atoms with Crippen LogP contribution in [0.2, 0.25) is 5.02 Å². The van der Waals surface area contributed by atoms with Crippen LogP contribution in [0.25, 0.3) is 0 Å². The summed E-state index contributed by atoms with van der Waals surface area (Å²) in [4.78, 5) is 0. The Morgan fingerprint density at radius 2 is 1.90 bits per heavy atom. The first-order valence-corrected chi connectivity index (χ1v) is 7.31. The van der Waals surface area contributed by atoms with Gasteiger partial charge in [0.1, 0.15) is 11.9 Å². The van der Waals surface area contributed by atoms with E-state index >= 15 is 0 Å². The number of ether oxygens (including phenoxy) is 1. The highest BCUT2D eigenvalue weighted by atomic mass is 35.5. The SMILES string of the molecule is CC(C)c1ccc(C2CNc3ccc(Cl)cc3O2)cc1. The van der Waals surface area contributed by atoms with Crippen LogP contribution in [-0.4, -0.2) is 6.54 Å². The molecule has 0 saturated carbocycles. The molecule has 0 fully saturated rings. The molecule has 3 rings (SSSR count). The number of nitrogens with one attached hydrogen (secondary N) is 1. The van der Waals surface area contributed by atoms with Gasteiger partial charge in [0.2, 0.25) is 0 Å². The van der Waals surface area contributed by atoms with Crippen LogP contribution in [0.15, 0.2) is 42.5 Å². The second-order valence-corrected chi connectivity index (χ2v) is 5.89. The van der Waals surface area contributed by atoms with Crippen LogP contribution in [0.1, 0.15) is 37.0 Å². The Morgan fingerprint density at radius 3 is 2.60 bits per heavy atom. The number of fused-ring (bicyclic) bond motifs is 1. The van der Waals surface area contributed by atoms with Crippen LogP contribution in [0.3, 0.4) is 0 Å². The predicted octanol–water partition coefficient (Wildman–Crippen LogP) is 5.01. The van der Waals surface area contributed by atoms with E-state index in [1.165, 1.54) is 11.1 Å². The van der Waals surface area contributed by atoms with E-state index in [2.05, 4.69) is 43.4 Å². The topological polar surface area (TPSA) is 21.3 Å². The molecule has 0 aromatic heterocycles. The van der Waals surface area contributed by atoms with Crippen LogP contribution in [0.4, 0.5) is 5.69 Å². The van der Waals surface area contributed by atoms with Gasteiger partial charge in [-0.25, -0.2) is 0 Å². The Kier molecular flexibility index (Phi) is 3.58. The molecule has 2 nitrogen and oxygen atoms in total. The van der Waals surface area contributed by atoms with Gasteiger partial charge in [0.25, 0.3) is 0 Å². The van der Waals surface area contributed by atoms with Gasteiger partial charge in [0.15, 0.2) is 0 Å². The molecule has 1 aliphatic rings. The molecular formula is C17H18ClNO. The molecule has 2 aromatic carbocycles. The molecule has 1 N–H and O–H groups in total. The van der Waals surface area contributed by atoms with E-state index in [-0.39, 0.29) is 6.10 Å². The van der Waals surface area contributed by atoms with Crippen molar-refractivity contribution < 1.29 is 4.74 Å². The number of rotatable bonds is 2. The molecule has 104 valence electrons. The van der Waals surface area contributed by atoms with E-state index in [1.807, 2.05) is 18.2 Å². The Bertz CT molecular complexity index is 607. The van der Waals surface area contributed by atoms with Gasteiger partial charge in [-0.15, -0.1) is 0 Å². The van der Waals surface area contributed by atoms with E-state index in [0.29, 0.717) is 10.9 Å². The molecule has 0 amide bonds. The smallest absolute Gasteiger partial charge is 0.144 e. The van der Waals surface area contributed by atoms with Gasteiger partial charge in [-0.2, -0.15) is 0 Å². The monoisotopic (exact) mass is 287 g/mol. The molecule has 0 saturated heterocycles. The third kappa shape index (κ3) is 2.61. The molecule has 0 bridgehead atoms. The molecule has 0 aliphatic carbocycles. The third-order valence-electron chi connectivity index (χ3n) is 3.67. The van der Waals surface area contributed by atoms with Crippen LogP contribution in [0.5, 0.6) is 5.75 Å². The second-order valence-electron chi connectivity index (χ2n) is 5.45. The third-order valence-corrected chi connectivity index (χ3v) is 3.90. The van der Waals surface area contributed by atoms with Crippen molar-refractivity contribution in [2.24, 2.45) is 0 Å². The first-order valence-electron chi connectivity index (χ1n) is 6.93. The fourth-order valence-corrected chi connectivity index (χ4v) is 2.58. The number of anilines is 1. The molecular weight excluding hydrogens is 270 g/mol. The molecule has 2 aromatic rings. The molecule has 0 spiro atoms. The summed E-state index contributed by atoms with van der Waals surface area (Å²) in [7, 11) is 0. The van der Waals surface area contributed by atoms with E-state index < -0.39 is 0 Å². The van der Waals surface area contributed by atoms with E-state index in [1.54, 1.807) is 0 Å². The average Bonchev–Trinajstić information content (AvgIpc) is 2.46. The number of halogens is 1. The zero-order chi connectivity index (χ0) is 14.1. The molecule has 3 heteroatoms. The van der Waals surface area contributed by atoms with Crippen molar-refractivity contribution in [1.29, 1.82) is 0 Å². The minimum absolute atomic E-state index is 0.0298. The summed E-state index contributed by atoms with van der Waals surface area (Å²) in [5.74, 6) is 1.37. The summed E-state index contributed by atoms with van der Waals surface area (Å²) >= 11 is 6.02. The maximum Gasteiger partial charge on any atom is 0.144 e. The van der Waals surface area contributed by atoms with Gasteiger partial charge >= 0.3 is 0 Å². The number of hydrogen-bond donors (Lipinski definition) is 1. The quantitative estimate of drug-likeness (QED) is 0.838. The van der Waals surface area contributed by atoms with Gasteiger partial charge in [0, 0.05) is 11.1 Å². The maximum atomic E-state index is 6.05. The van der Waals surface area contributed by atoms with E-state index in [9.17, 15) is 0 Å². The second kappa shape index (κ2) is 5.37. The molecule has 1 atom stereocenters. The van der Waals surface area contributed by atoms with Crippen LogP contribution < -0.4 is 10.1 Å². The lowest BCUT2D eigenvalue weighted by molar-refractivity contribution is 0.210. The zero-order valence-electron chi connectivity index (χ0n) is 11.7. The Labute approximate surface area is 124 Å². The summed E-state index contributed by atoms with van der Waals surface area (Å²) < 4.78 is 6.05. The summed E-state index contributed by atoms with van der Waals surface area (Å²) in [5, 5.41) is 4.09. The minimum Gasteiger partial charge on any atom is -0.482 e. The normalized spacial score (nSPS) is 17.3. The van der Waals surface area contributed by atoms with Crippen molar-refractivity contribution >= 4 is 17.3 Å². The van der Waals surface area contributed by atoms with Crippen molar-refractivity contribution in [2.75, 3.05) is 11.9 Å². The van der Waals surface area contributed by atoms with Gasteiger partial charge < -0.3 is 10.1 Å². The van der Waals surface area contributed by atoms with E-state index in [4.69, 9.17) is 16.3 Å². The first-order chi connectivity index (χ1) is 9.63. The van der Waals surface area contributed by atoms with Crippen LogP contribution in [0, 0.1) is 0 Å². The molecule has 1 heterocycles. The summed E-state index contributed by atoms with van der Waals surface area (Å²) in [6, 6.07) is 14.3. The summed E-state index contributed by atoms with van der Waals surface area (Å²) in [6.45, 7) is 5.17. The van der Waals surface area contributed by atoms with Gasteiger partial charge in [-0.05, 0) is 29.2 Å². The fourth-order valence-electron chi connectivity index (χ4n) is 2.42. The number of hydrogen-bond acceptors (Lipinski definition) is 2. The van der Waals surface area contributed by atoms with Gasteiger partial charge in [-0.1, -0.05) is 49.7 Å². The highest BCUT2D eigenvalue weighted by Crippen LogP contribution is 2.36. The van der Waals surface area contributed by atoms with Gasteiger partial charge in [-0.3, -0.25) is 0 Å². The standard InChI is InChI=1S/C17H18ClNO/c1-11(2)12-3-5-13(6-4-12)17-10-19-15-8-7-14(18)9-16(15)20-17/h3-9,11,17,19H,10H2,1-2H3. The summed E-state index contributed by atoms with van der Waals surface area (Å²) in [6.07, 6.45) is 0.0298. The molecule has 20 heavy (non-hydrogen) atoms. The largest absolute Gasteiger partial charge is 0.482 e. The molecule has 1 aliphatic heterocycles. The maximum absolute atomic E-state index is 6.05. The first kappa shape index (κ1) is 13.3. The summed E-state index contributed by atoms with van der Waals surface area (Å²) in [5.41, 5.74) is 3.54. The highest BCUT2D eigenvalue weighted by Gasteiger charge is 2.21. The highest BCUT2D eigenvalue weighted by molar-refractivity contribution is 6.30. The molecule has 1 unspecified atom stereocenters. The van der Waals surface area contributed by atoms with Crippen molar-refractivity contribution in [3.05, 3.63) is 58.6 Å². The van der Waals surface area contributed by atoms with Crippen LogP contribution in [-0.2, 0) is 0 Å². The number of benzene rings is 2. The zero-order valence-corrected chi connectivity index (χ0v) is 12.4. The van der Waals surface area contributed by atoms with Crippen molar-refractivity contribution in [1.82, 2.24) is 0 Å². The van der Waals surface area contributed by atoms with Crippen molar-refractivity contribution in [2.45, 2.75) is 25.9 Å². The Balaban J connectivity index is 1.82. The predicted molar refractivity (Wildman–Crippen MR) is 83.8 cm³/mol. The Hall–Kier alpha value is -1.67. The van der Waals surface area contributed by atoms with Gasteiger partial charge in [0.05, 0.1) is 12.2 Å². The van der Waals surface area contributed by atoms with Crippen LogP contribution >= 0.6 is 11.6 Å². The average molecular weight is 288 g/mol. The molecule has 0 radical (unpaired) electrons. The lowest BCUT2D eigenvalue weighted by Crippen LogP contribution is -2.23. The Morgan fingerprint density at radius 1 is 1.15 bits per heavy atom. The van der Waals surface area contributed by atoms with Crippen molar-refractivity contribution in [3.63, 3.8) is 0 Å². The minimum atomic E-state index is 0.0298. The lowest BCUT2D eigenvalue weighted by atomic mass is 9.99. The van der Waals surface area contributed by atoms with Crippen molar-refractivity contribution in [3.8, 4) is 5.75 Å². The lowest BCUT2D eigenvalue weighted by Gasteiger charge is -2.28. The fraction of sp³-hybridized carbons (Fsp3) is 0.294.